The molecule has 0 aromatic heterocycles. The number of hydrogen-bond acceptors (Lipinski definition) is 3. The van der Waals surface area contributed by atoms with Crippen LogP contribution in [0.25, 0.3) is 6.08 Å². The van der Waals surface area contributed by atoms with Crippen LogP contribution in [0.3, 0.4) is 0 Å². The Morgan fingerprint density at radius 1 is 1.09 bits per heavy atom. The summed E-state index contributed by atoms with van der Waals surface area (Å²) in [6.45, 7) is 0.882. The molecule has 0 bridgehead atoms. The normalized spacial score (nSPS) is 11.1. The molecule has 0 unspecified atom stereocenters. The van der Waals surface area contributed by atoms with Crippen LogP contribution in [-0.2, 0) is 22.7 Å². The number of ether oxygens (including phenoxy) is 2. The average molecular weight is 375 g/mol. The van der Waals surface area contributed by atoms with Crippen LogP contribution in [0.15, 0.2) is 53.0 Å². The maximum Gasteiger partial charge on any atom is 0.187 e. The molecule has 0 fully saturated rings. The summed E-state index contributed by atoms with van der Waals surface area (Å²) < 4.78 is 11.2. The number of ketones is 1. The van der Waals surface area contributed by atoms with Gasteiger partial charge in [0.15, 0.2) is 5.78 Å². The molecule has 3 nitrogen and oxygen atoms in total. The molecule has 2 rings (SSSR count). The molecule has 0 aliphatic carbocycles. The number of carbonyl (C=O) groups excluding carboxylic acids is 1. The Morgan fingerprint density at radius 2 is 1.78 bits per heavy atom. The van der Waals surface area contributed by atoms with E-state index in [0.717, 1.165) is 21.2 Å². The minimum absolute atomic E-state index is 0.0592. The molecule has 0 heterocycles. The first kappa shape index (κ1) is 17.6. The zero-order valence-electron chi connectivity index (χ0n) is 13.2. The monoisotopic (exact) mass is 374 g/mol. The Hall–Kier alpha value is -1.75. The fourth-order valence-corrected chi connectivity index (χ4v) is 2.80. The van der Waals surface area contributed by atoms with E-state index in [0.29, 0.717) is 18.8 Å². The zero-order chi connectivity index (χ0) is 16.7. The Morgan fingerprint density at radius 3 is 2.43 bits per heavy atom. The van der Waals surface area contributed by atoms with Gasteiger partial charge >= 0.3 is 0 Å². The second-order valence-electron chi connectivity index (χ2n) is 5.09. The number of benzene rings is 2. The summed E-state index contributed by atoms with van der Waals surface area (Å²) in [4.78, 5) is 12.6. The number of halogens is 1. The van der Waals surface area contributed by atoms with Gasteiger partial charge in [-0.25, -0.2) is 0 Å². The van der Waals surface area contributed by atoms with Gasteiger partial charge in [0.1, 0.15) is 0 Å². The molecule has 120 valence electrons. The Kier molecular flexibility index (Phi) is 6.71. The van der Waals surface area contributed by atoms with Gasteiger partial charge in [-0.3, -0.25) is 4.79 Å². The van der Waals surface area contributed by atoms with E-state index in [1.54, 1.807) is 20.3 Å². The van der Waals surface area contributed by atoms with E-state index in [2.05, 4.69) is 15.9 Å². The van der Waals surface area contributed by atoms with E-state index in [9.17, 15) is 4.79 Å². The van der Waals surface area contributed by atoms with E-state index in [4.69, 9.17) is 9.47 Å². The smallest absolute Gasteiger partial charge is 0.187 e. The Bertz CT molecular complexity index is 693. The van der Waals surface area contributed by atoms with Crippen molar-refractivity contribution in [1.29, 1.82) is 0 Å². The third-order valence-electron chi connectivity index (χ3n) is 3.31. The number of carbonyl (C=O) groups is 1. The maximum absolute atomic E-state index is 12.6. The quantitative estimate of drug-likeness (QED) is 0.523. The van der Waals surface area contributed by atoms with E-state index in [-0.39, 0.29) is 5.78 Å². The predicted molar refractivity (Wildman–Crippen MR) is 95.4 cm³/mol. The molecule has 0 saturated carbocycles. The molecule has 0 aliphatic rings. The van der Waals surface area contributed by atoms with Crippen LogP contribution in [0.5, 0.6) is 0 Å². The van der Waals surface area contributed by atoms with Crippen LogP contribution in [0.1, 0.15) is 27.0 Å². The van der Waals surface area contributed by atoms with Crippen molar-refractivity contribution < 1.29 is 14.3 Å². The summed E-state index contributed by atoms with van der Waals surface area (Å²) in [5, 5.41) is 0. The van der Waals surface area contributed by atoms with E-state index in [1.807, 2.05) is 48.5 Å². The molecular formula is C19H19BrO3. The van der Waals surface area contributed by atoms with Gasteiger partial charge in [0.2, 0.25) is 0 Å². The molecule has 2 aromatic carbocycles. The summed E-state index contributed by atoms with van der Waals surface area (Å²) in [6.07, 6.45) is 3.40. The predicted octanol–water partition coefficient (Wildman–Crippen LogP) is 4.64. The van der Waals surface area contributed by atoms with Crippen LogP contribution in [0.4, 0.5) is 0 Å². The zero-order valence-corrected chi connectivity index (χ0v) is 14.8. The van der Waals surface area contributed by atoms with Gasteiger partial charge in [0.05, 0.1) is 13.2 Å². The number of hydrogen-bond donors (Lipinski definition) is 0. The number of methoxy groups -OCH3 is 2. The van der Waals surface area contributed by atoms with E-state index >= 15 is 0 Å². The molecule has 0 N–H and O–H groups in total. The van der Waals surface area contributed by atoms with Gasteiger partial charge in [-0.05, 0) is 50.8 Å². The summed E-state index contributed by atoms with van der Waals surface area (Å²) >= 11 is 3.52. The fourth-order valence-electron chi connectivity index (χ4n) is 2.27. The molecule has 0 radical (unpaired) electrons. The third kappa shape index (κ3) is 4.86. The summed E-state index contributed by atoms with van der Waals surface area (Å²) in [5.74, 6) is -0.0592. The SMILES string of the molecule is COCc1cc(COC)c(Br)c(C(=O)/C=C/c2ccccc2)c1. The van der Waals surface area contributed by atoms with Crippen molar-refractivity contribution in [1.82, 2.24) is 0 Å². The largest absolute Gasteiger partial charge is 0.380 e. The van der Waals surface area contributed by atoms with Gasteiger partial charge in [0.25, 0.3) is 0 Å². The molecule has 0 saturated heterocycles. The first-order chi connectivity index (χ1) is 11.2. The second kappa shape index (κ2) is 8.77. The van der Waals surface area contributed by atoms with Gasteiger partial charge in [-0.1, -0.05) is 36.4 Å². The molecule has 2 aromatic rings. The van der Waals surface area contributed by atoms with Crippen molar-refractivity contribution >= 4 is 27.8 Å². The Balaban J connectivity index is 2.32. The van der Waals surface area contributed by atoms with E-state index < -0.39 is 0 Å². The Labute approximate surface area is 145 Å². The average Bonchev–Trinajstić information content (AvgIpc) is 2.57. The van der Waals surface area contributed by atoms with E-state index in [1.165, 1.54) is 0 Å². The highest BCUT2D eigenvalue weighted by Crippen LogP contribution is 2.26. The minimum atomic E-state index is -0.0592. The van der Waals surface area contributed by atoms with Crippen molar-refractivity contribution in [2.75, 3.05) is 14.2 Å². The molecular weight excluding hydrogens is 356 g/mol. The van der Waals surface area contributed by atoms with Crippen molar-refractivity contribution in [3.63, 3.8) is 0 Å². The van der Waals surface area contributed by atoms with Crippen LogP contribution >= 0.6 is 15.9 Å². The highest BCUT2D eigenvalue weighted by molar-refractivity contribution is 9.10. The first-order valence-electron chi connectivity index (χ1n) is 7.22. The second-order valence-corrected chi connectivity index (χ2v) is 5.88. The van der Waals surface area contributed by atoms with Crippen LogP contribution in [0, 0.1) is 0 Å². The molecule has 0 amide bonds. The lowest BCUT2D eigenvalue weighted by atomic mass is 10.0. The molecule has 0 aliphatic heterocycles. The van der Waals surface area contributed by atoms with Crippen molar-refractivity contribution in [3.8, 4) is 0 Å². The maximum atomic E-state index is 12.6. The van der Waals surface area contributed by atoms with Crippen molar-refractivity contribution in [3.05, 3.63) is 75.3 Å². The summed E-state index contributed by atoms with van der Waals surface area (Å²) in [7, 11) is 3.26. The van der Waals surface area contributed by atoms with Crippen LogP contribution < -0.4 is 0 Å². The molecule has 0 atom stereocenters. The lowest BCUT2D eigenvalue weighted by molar-refractivity contribution is 0.104. The molecule has 0 spiro atoms. The van der Waals surface area contributed by atoms with Crippen molar-refractivity contribution in [2.45, 2.75) is 13.2 Å². The van der Waals surface area contributed by atoms with Crippen LogP contribution in [-0.4, -0.2) is 20.0 Å². The molecule has 23 heavy (non-hydrogen) atoms. The highest BCUT2D eigenvalue weighted by Gasteiger charge is 2.13. The number of allylic oxidation sites excluding steroid dienone is 1. The summed E-state index contributed by atoms with van der Waals surface area (Å²) in [6, 6.07) is 13.6. The van der Waals surface area contributed by atoms with Gasteiger partial charge in [-0.15, -0.1) is 0 Å². The molecule has 4 heteroatoms. The lowest BCUT2D eigenvalue weighted by Gasteiger charge is -2.11. The van der Waals surface area contributed by atoms with Gasteiger partial charge in [-0.2, -0.15) is 0 Å². The van der Waals surface area contributed by atoms with Gasteiger partial charge in [0, 0.05) is 24.3 Å². The van der Waals surface area contributed by atoms with Gasteiger partial charge < -0.3 is 9.47 Å². The van der Waals surface area contributed by atoms with Crippen LogP contribution in [0.2, 0.25) is 0 Å². The number of rotatable bonds is 7. The standard InChI is InChI=1S/C19H19BrO3/c1-22-12-15-10-16(13-23-2)19(20)17(11-15)18(21)9-8-14-6-4-3-5-7-14/h3-11H,12-13H2,1-2H3/b9-8+. The van der Waals surface area contributed by atoms with Crippen molar-refractivity contribution in [2.24, 2.45) is 0 Å². The highest BCUT2D eigenvalue weighted by atomic mass is 79.9. The fraction of sp³-hybridized carbons (Fsp3) is 0.211. The third-order valence-corrected chi connectivity index (χ3v) is 4.25. The first-order valence-corrected chi connectivity index (χ1v) is 8.01. The minimum Gasteiger partial charge on any atom is -0.380 e. The topological polar surface area (TPSA) is 35.5 Å². The lowest BCUT2D eigenvalue weighted by Crippen LogP contribution is -2.03. The summed E-state index contributed by atoms with van der Waals surface area (Å²) in [5.41, 5.74) is 3.47.